The van der Waals surface area contributed by atoms with Gasteiger partial charge in [-0.3, -0.25) is 20.2 Å². The van der Waals surface area contributed by atoms with Crippen LogP contribution in [0.1, 0.15) is 5.56 Å². The van der Waals surface area contributed by atoms with E-state index >= 15 is 0 Å². The van der Waals surface area contributed by atoms with Gasteiger partial charge in [-0.1, -0.05) is 15.9 Å². The molecule has 2 rings (SSSR count). The van der Waals surface area contributed by atoms with Crippen molar-refractivity contribution >= 4 is 73.7 Å². The Balaban J connectivity index is 2.49. The first-order valence-electron chi connectivity index (χ1n) is 4.95. The van der Waals surface area contributed by atoms with Crippen molar-refractivity contribution in [3.8, 4) is 5.75 Å². The molecule has 0 atom stereocenters. The molecule has 0 aromatic heterocycles. The first kappa shape index (κ1) is 14.4. The van der Waals surface area contributed by atoms with Crippen LogP contribution in [0.4, 0.5) is 0 Å². The van der Waals surface area contributed by atoms with E-state index in [-0.39, 0.29) is 16.4 Å². The zero-order valence-corrected chi connectivity index (χ0v) is 13.7. The SMILES string of the molecule is O=C1NC(=S)NC(=O)C1=Cc1cc(Br)cc(I)c1O. The highest BCUT2D eigenvalue weighted by molar-refractivity contribution is 14.1. The fourth-order valence-corrected chi connectivity index (χ4v) is 3.19. The molecule has 1 saturated heterocycles. The van der Waals surface area contributed by atoms with Gasteiger partial charge in [-0.05, 0) is 53.0 Å². The average Bonchev–Trinajstić information content (AvgIpc) is 2.29. The van der Waals surface area contributed by atoms with E-state index in [1.54, 1.807) is 12.1 Å². The molecule has 2 amide bonds. The standard InChI is InChI=1S/C11H6BrIN2O3S/c12-5-1-4(8(16)7(13)3-5)2-6-9(17)14-11(19)15-10(6)18/h1-3,16H,(H2,14,15,17,18,19). The number of hydrogen-bond acceptors (Lipinski definition) is 4. The molecule has 1 aliphatic rings. The zero-order valence-electron chi connectivity index (χ0n) is 9.16. The van der Waals surface area contributed by atoms with Gasteiger partial charge in [0, 0.05) is 10.0 Å². The summed E-state index contributed by atoms with van der Waals surface area (Å²) in [5, 5.41) is 14.5. The predicted molar refractivity (Wildman–Crippen MR) is 85.4 cm³/mol. The number of amides is 2. The number of phenols is 1. The highest BCUT2D eigenvalue weighted by Crippen LogP contribution is 2.30. The van der Waals surface area contributed by atoms with E-state index < -0.39 is 11.8 Å². The van der Waals surface area contributed by atoms with Crippen molar-refractivity contribution in [3.05, 3.63) is 31.3 Å². The molecular weight excluding hydrogens is 447 g/mol. The van der Waals surface area contributed by atoms with Crippen molar-refractivity contribution in [2.45, 2.75) is 0 Å². The Bertz CT molecular complexity index is 623. The molecule has 0 bridgehead atoms. The van der Waals surface area contributed by atoms with Crippen LogP contribution in [0.3, 0.4) is 0 Å². The van der Waals surface area contributed by atoms with Crippen LogP contribution >= 0.6 is 50.7 Å². The Hall–Kier alpha value is -1.000. The number of aromatic hydroxyl groups is 1. The van der Waals surface area contributed by atoms with Crippen LogP contribution in [0.2, 0.25) is 0 Å². The Morgan fingerprint density at radius 1 is 1.26 bits per heavy atom. The maximum absolute atomic E-state index is 11.7. The number of halogens is 2. The second-order valence-electron chi connectivity index (χ2n) is 3.62. The normalized spacial score (nSPS) is 15.1. The van der Waals surface area contributed by atoms with Gasteiger partial charge in [0.25, 0.3) is 11.8 Å². The Kier molecular flexibility index (Phi) is 4.21. The summed E-state index contributed by atoms with van der Waals surface area (Å²) in [6, 6.07) is 3.33. The maximum atomic E-state index is 11.7. The summed E-state index contributed by atoms with van der Waals surface area (Å²) in [5.74, 6) is -1.18. The highest BCUT2D eigenvalue weighted by Gasteiger charge is 2.26. The molecule has 1 heterocycles. The van der Waals surface area contributed by atoms with Crippen LogP contribution in [-0.2, 0) is 9.59 Å². The molecule has 98 valence electrons. The van der Waals surface area contributed by atoms with Gasteiger partial charge >= 0.3 is 0 Å². The Morgan fingerprint density at radius 2 is 1.84 bits per heavy atom. The van der Waals surface area contributed by atoms with Crippen molar-refractivity contribution in [1.82, 2.24) is 10.6 Å². The summed E-state index contributed by atoms with van der Waals surface area (Å²) in [5.41, 5.74) is 0.254. The number of rotatable bonds is 1. The molecular formula is C11H6BrIN2O3S. The van der Waals surface area contributed by atoms with E-state index in [2.05, 4.69) is 26.6 Å². The highest BCUT2D eigenvalue weighted by atomic mass is 127. The maximum Gasteiger partial charge on any atom is 0.263 e. The third-order valence-electron chi connectivity index (χ3n) is 2.30. The molecule has 0 spiro atoms. The van der Waals surface area contributed by atoms with Crippen molar-refractivity contribution in [2.75, 3.05) is 0 Å². The lowest BCUT2D eigenvalue weighted by atomic mass is 10.1. The first-order chi connectivity index (χ1) is 8.88. The average molecular weight is 453 g/mol. The van der Waals surface area contributed by atoms with Crippen molar-refractivity contribution in [3.63, 3.8) is 0 Å². The number of hydrogen-bond donors (Lipinski definition) is 3. The molecule has 8 heteroatoms. The molecule has 3 N–H and O–H groups in total. The summed E-state index contributed by atoms with van der Waals surface area (Å²) in [6.45, 7) is 0. The molecule has 0 radical (unpaired) electrons. The van der Waals surface area contributed by atoms with Crippen molar-refractivity contribution in [1.29, 1.82) is 0 Å². The fourth-order valence-electron chi connectivity index (χ4n) is 1.46. The molecule has 1 fully saturated rings. The predicted octanol–water partition coefficient (Wildman–Crippen LogP) is 1.67. The monoisotopic (exact) mass is 452 g/mol. The van der Waals surface area contributed by atoms with E-state index in [1.807, 2.05) is 22.6 Å². The van der Waals surface area contributed by atoms with Crippen LogP contribution in [-0.4, -0.2) is 22.0 Å². The van der Waals surface area contributed by atoms with Crippen LogP contribution in [0.25, 0.3) is 6.08 Å². The third-order valence-corrected chi connectivity index (χ3v) is 3.79. The van der Waals surface area contributed by atoms with Crippen LogP contribution in [0.15, 0.2) is 22.2 Å². The van der Waals surface area contributed by atoms with Crippen LogP contribution < -0.4 is 10.6 Å². The molecule has 5 nitrogen and oxygen atoms in total. The number of nitrogens with one attached hydrogen (secondary N) is 2. The van der Waals surface area contributed by atoms with E-state index in [0.29, 0.717) is 9.13 Å². The molecule has 0 unspecified atom stereocenters. The first-order valence-corrected chi connectivity index (χ1v) is 7.23. The summed E-state index contributed by atoms with van der Waals surface area (Å²) < 4.78 is 1.33. The summed E-state index contributed by atoms with van der Waals surface area (Å²) in [6.07, 6.45) is 1.31. The second-order valence-corrected chi connectivity index (χ2v) is 6.11. The van der Waals surface area contributed by atoms with Gasteiger partial charge < -0.3 is 5.11 Å². The van der Waals surface area contributed by atoms with Gasteiger partial charge in [-0.25, -0.2) is 0 Å². The number of phenolic OH excluding ortho intramolecular Hbond substituents is 1. The minimum Gasteiger partial charge on any atom is -0.506 e. The van der Waals surface area contributed by atoms with Gasteiger partial charge in [0.1, 0.15) is 11.3 Å². The molecule has 1 aromatic rings. The van der Waals surface area contributed by atoms with Crippen LogP contribution in [0, 0.1) is 3.57 Å². The fraction of sp³-hybridized carbons (Fsp3) is 0. The summed E-state index contributed by atoms with van der Waals surface area (Å²) >= 11 is 9.93. The summed E-state index contributed by atoms with van der Waals surface area (Å²) in [7, 11) is 0. The number of carbonyl (C=O) groups is 2. The van der Waals surface area contributed by atoms with Crippen LogP contribution in [0.5, 0.6) is 5.75 Å². The van der Waals surface area contributed by atoms with E-state index in [4.69, 9.17) is 12.2 Å². The van der Waals surface area contributed by atoms with E-state index in [1.165, 1.54) is 6.08 Å². The van der Waals surface area contributed by atoms with E-state index in [9.17, 15) is 14.7 Å². The lowest BCUT2D eigenvalue weighted by Gasteiger charge is -2.16. The molecule has 0 aliphatic carbocycles. The lowest BCUT2D eigenvalue weighted by Crippen LogP contribution is -2.51. The van der Waals surface area contributed by atoms with E-state index in [0.717, 1.165) is 4.47 Å². The minimum atomic E-state index is -0.594. The van der Waals surface area contributed by atoms with Gasteiger partial charge in [-0.15, -0.1) is 0 Å². The summed E-state index contributed by atoms with van der Waals surface area (Å²) in [4.78, 5) is 23.4. The molecule has 19 heavy (non-hydrogen) atoms. The molecule has 1 aromatic carbocycles. The smallest absolute Gasteiger partial charge is 0.263 e. The van der Waals surface area contributed by atoms with Gasteiger partial charge in [0.2, 0.25) is 0 Å². The number of thiocarbonyl (C=S) groups is 1. The Morgan fingerprint density at radius 3 is 2.42 bits per heavy atom. The molecule has 0 saturated carbocycles. The van der Waals surface area contributed by atoms with Gasteiger partial charge in [0.05, 0.1) is 3.57 Å². The third kappa shape index (κ3) is 3.12. The van der Waals surface area contributed by atoms with Gasteiger partial charge in [-0.2, -0.15) is 0 Å². The number of carbonyl (C=O) groups excluding carboxylic acids is 2. The Labute approximate surface area is 135 Å². The number of benzene rings is 1. The zero-order chi connectivity index (χ0) is 14.2. The second kappa shape index (κ2) is 5.55. The van der Waals surface area contributed by atoms with Gasteiger partial charge in [0.15, 0.2) is 5.11 Å². The lowest BCUT2D eigenvalue weighted by molar-refractivity contribution is -0.123. The van der Waals surface area contributed by atoms with Crippen molar-refractivity contribution in [2.24, 2.45) is 0 Å². The quantitative estimate of drug-likeness (QED) is 0.262. The molecule has 1 aliphatic heterocycles. The minimum absolute atomic E-state index is 0.00468. The topological polar surface area (TPSA) is 78.4 Å². The largest absolute Gasteiger partial charge is 0.506 e. The van der Waals surface area contributed by atoms with Crippen molar-refractivity contribution < 1.29 is 14.7 Å².